The smallest absolute Gasteiger partial charge is 0.382 e. The van der Waals surface area contributed by atoms with Crippen molar-refractivity contribution in [2.45, 2.75) is 83.2 Å². The maximum atomic E-state index is 15.0. The SMILES string of the molecule is Cc1ccc(NC(=O)C2CCCN(C(=O)c3c(C)cccc3F)C2c2ccc(NC3CCCC3)cc2)cc1C(C)(O)C(F)(F)F. The average Bonchev–Trinajstić information content (AvgIpc) is 3.50. The van der Waals surface area contributed by atoms with Gasteiger partial charge in [0.25, 0.3) is 5.91 Å². The number of aryl methyl sites for hydroxylation is 2. The van der Waals surface area contributed by atoms with Gasteiger partial charge in [-0.05, 0) is 99.0 Å². The number of hydrogen-bond donors (Lipinski definition) is 3. The molecule has 45 heavy (non-hydrogen) atoms. The summed E-state index contributed by atoms with van der Waals surface area (Å²) in [7, 11) is 0. The second kappa shape index (κ2) is 12.8. The molecule has 1 aliphatic heterocycles. The fourth-order valence-corrected chi connectivity index (χ4v) is 6.65. The van der Waals surface area contributed by atoms with Crippen molar-refractivity contribution in [3.8, 4) is 0 Å². The summed E-state index contributed by atoms with van der Waals surface area (Å²) in [6.45, 7) is 4.09. The van der Waals surface area contributed by atoms with Crippen molar-refractivity contribution in [2.24, 2.45) is 5.92 Å². The number of rotatable bonds is 7. The molecule has 0 radical (unpaired) electrons. The summed E-state index contributed by atoms with van der Waals surface area (Å²) in [5.74, 6) is -2.45. The van der Waals surface area contributed by atoms with Crippen LogP contribution in [0, 0.1) is 25.6 Å². The summed E-state index contributed by atoms with van der Waals surface area (Å²) < 4.78 is 56.0. The van der Waals surface area contributed by atoms with Crippen molar-refractivity contribution in [1.29, 1.82) is 0 Å². The van der Waals surface area contributed by atoms with Gasteiger partial charge in [0, 0.05) is 24.0 Å². The standard InChI is InChI=1S/C35H39F4N3O3/c1-21-13-16-26(20-28(21)34(3,45)35(37,38)39)41-32(43)27-11-7-19-42(33(44)30-22(2)8-6-12-29(30)36)31(27)23-14-17-25(18-15-23)40-24-9-4-5-10-24/h6,8,12-18,20,24,27,31,40,45H,4-5,7,9-11,19H2,1-3H3,(H,41,43). The first-order valence-electron chi connectivity index (χ1n) is 15.4. The summed E-state index contributed by atoms with van der Waals surface area (Å²) >= 11 is 0. The molecule has 2 aliphatic rings. The van der Waals surface area contributed by atoms with Crippen LogP contribution >= 0.6 is 0 Å². The number of halogens is 4. The van der Waals surface area contributed by atoms with E-state index < -0.39 is 41.4 Å². The van der Waals surface area contributed by atoms with Crippen LogP contribution in [-0.2, 0) is 10.4 Å². The summed E-state index contributed by atoms with van der Waals surface area (Å²) in [4.78, 5) is 29.4. The highest BCUT2D eigenvalue weighted by Gasteiger charge is 2.52. The normalized spacial score (nSPS) is 20.5. The van der Waals surface area contributed by atoms with E-state index in [2.05, 4.69) is 10.6 Å². The largest absolute Gasteiger partial charge is 0.421 e. The molecular weight excluding hydrogens is 586 g/mol. The molecular formula is C35H39F4N3O3. The van der Waals surface area contributed by atoms with Crippen LogP contribution in [0.2, 0.25) is 0 Å². The molecule has 240 valence electrons. The molecule has 1 heterocycles. The molecule has 3 aromatic carbocycles. The monoisotopic (exact) mass is 625 g/mol. The highest BCUT2D eigenvalue weighted by molar-refractivity contribution is 5.98. The Bertz CT molecular complexity index is 1530. The third kappa shape index (κ3) is 6.71. The molecule has 10 heteroatoms. The highest BCUT2D eigenvalue weighted by atomic mass is 19.4. The first kappa shape index (κ1) is 32.5. The number of nitrogens with one attached hydrogen (secondary N) is 2. The van der Waals surface area contributed by atoms with E-state index in [0.29, 0.717) is 43.5 Å². The third-order valence-corrected chi connectivity index (χ3v) is 9.22. The van der Waals surface area contributed by atoms with Crippen LogP contribution < -0.4 is 10.6 Å². The summed E-state index contributed by atoms with van der Waals surface area (Å²) in [5, 5.41) is 16.6. The van der Waals surface area contributed by atoms with Gasteiger partial charge in [-0.3, -0.25) is 9.59 Å². The van der Waals surface area contributed by atoms with Crippen molar-refractivity contribution >= 4 is 23.2 Å². The molecule has 0 spiro atoms. The van der Waals surface area contributed by atoms with Crippen LogP contribution in [0.3, 0.4) is 0 Å². The lowest BCUT2D eigenvalue weighted by atomic mass is 9.83. The molecule has 3 N–H and O–H groups in total. The van der Waals surface area contributed by atoms with Crippen LogP contribution in [-0.4, -0.2) is 40.6 Å². The number of alkyl halides is 3. The number of amides is 2. The molecule has 0 aromatic heterocycles. The third-order valence-electron chi connectivity index (χ3n) is 9.22. The molecule has 3 atom stereocenters. The quantitative estimate of drug-likeness (QED) is 0.234. The molecule has 2 fully saturated rings. The molecule has 1 aliphatic carbocycles. The number of likely N-dealkylation sites (tertiary alicyclic amines) is 1. The fourth-order valence-electron chi connectivity index (χ4n) is 6.65. The zero-order chi connectivity index (χ0) is 32.5. The highest BCUT2D eigenvalue weighted by Crippen LogP contribution is 2.42. The van der Waals surface area contributed by atoms with E-state index in [9.17, 15) is 32.3 Å². The van der Waals surface area contributed by atoms with E-state index in [1.54, 1.807) is 13.0 Å². The van der Waals surface area contributed by atoms with Crippen LogP contribution in [0.4, 0.5) is 28.9 Å². The van der Waals surface area contributed by atoms with Gasteiger partial charge in [0.15, 0.2) is 5.60 Å². The van der Waals surface area contributed by atoms with E-state index in [4.69, 9.17) is 0 Å². The summed E-state index contributed by atoms with van der Waals surface area (Å²) in [6, 6.07) is 15.7. The predicted molar refractivity (Wildman–Crippen MR) is 165 cm³/mol. The fraction of sp³-hybridized carbons (Fsp3) is 0.429. The Morgan fingerprint density at radius 2 is 1.56 bits per heavy atom. The van der Waals surface area contributed by atoms with Crippen molar-refractivity contribution in [3.63, 3.8) is 0 Å². The number of aliphatic hydroxyl groups is 1. The van der Waals surface area contributed by atoms with E-state index in [1.807, 2.05) is 24.3 Å². The Balaban J connectivity index is 1.48. The van der Waals surface area contributed by atoms with Gasteiger partial charge in [0.05, 0.1) is 17.5 Å². The molecule has 3 aromatic rings. The van der Waals surface area contributed by atoms with Crippen LogP contribution in [0.1, 0.15) is 84.1 Å². The Kier molecular flexibility index (Phi) is 9.26. The van der Waals surface area contributed by atoms with Crippen LogP contribution in [0.15, 0.2) is 60.7 Å². The van der Waals surface area contributed by atoms with E-state index in [0.717, 1.165) is 24.6 Å². The van der Waals surface area contributed by atoms with E-state index in [1.165, 1.54) is 48.9 Å². The van der Waals surface area contributed by atoms with E-state index in [-0.39, 0.29) is 22.4 Å². The summed E-state index contributed by atoms with van der Waals surface area (Å²) in [6.07, 6.45) is 0.481. The van der Waals surface area contributed by atoms with Gasteiger partial charge in [0.1, 0.15) is 5.82 Å². The molecule has 5 rings (SSSR count). The number of anilines is 2. The van der Waals surface area contributed by atoms with Crippen molar-refractivity contribution in [3.05, 3.63) is 94.3 Å². The van der Waals surface area contributed by atoms with Gasteiger partial charge >= 0.3 is 6.18 Å². The average molecular weight is 626 g/mol. The lowest BCUT2D eigenvalue weighted by Gasteiger charge is -2.41. The maximum absolute atomic E-state index is 15.0. The van der Waals surface area contributed by atoms with Crippen LogP contribution in [0.5, 0.6) is 0 Å². The Morgan fingerprint density at radius 1 is 0.889 bits per heavy atom. The molecule has 2 amide bonds. The zero-order valence-electron chi connectivity index (χ0n) is 25.7. The van der Waals surface area contributed by atoms with Gasteiger partial charge < -0.3 is 20.6 Å². The number of carbonyl (C=O) groups is 2. The Morgan fingerprint density at radius 3 is 2.20 bits per heavy atom. The minimum Gasteiger partial charge on any atom is -0.382 e. The molecule has 0 bridgehead atoms. The number of piperidine rings is 1. The molecule has 1 saturated heterocycles. The second-order valence-electron chi connectivity index (χ2n) is 12.5. The first-order chi connectivity index (χ1) is 21.3. The number of nitrogens with zero attached hydrogens (tertiary/aromatic N) is 1. The molecule has 1 saturated carbocycles. The minimum atomic E-state index is -4.93. The van der Waals surface area contributed by atoms with Crippen molar-refractivity contribution < 1.29 is 32.3 Å². The Labute approximate surface area is 260 Å². The lowest BCUT2D eigenvalue weighted by molar-refractivity contribution is -0.259. The molecule has 6 nitrogen and oxygen atoms in total. The van der Waals surface area contributed by atoms with Gasteiger partial charge in [-0.15, -0.1) is 0 Å². The predicted octanol–water partition coefficient (Wildman–Crippen LogP) is 7.80. The van der Waals surface area contributed by atoms with Crippen LogP contribution in [0.25, 0.3) is 0 Å². The second-order valence-corrected chi connectivity index (χ2v) is 12.5. The lowest BCUT2D eigenvalue weighted by Crippen LogP contribution is -2.46. The summed E-state index contributed by atoms with van der Waals surface area (Å²) in [5.41, 5.74) is -1.15. The van der Waals surface area contributed by atoms with Gasteiger partial charge in [-0.1, -0.05) is 43.2 Å². The number of hydrogen-bond acceptors (Lipinski definition) is 4. The van der Waals surface area contributed by atoms with E-state index >= 15 is 0 Å². The zero-order valence-corrected chi connectivity index (χ0v) is 25.7. The van der Waals surface area contributed by atoms with Gasteiger partial charge in [-0.2, -0.15) is 13.2 Å². The van der Waals surface area contributed by atoms with Gasteiger partial charge in [0.2, 0.25) is 5.91 Å². The minimum absolute atomic E-state index is 0.0550. The maximum Gasteiger partial charge on any atom is 0.421 e. The number of benzene rings is 3. The topological polar surface area (TPSA) is 81.7 Å². The van der Waals surface area contributed by atoms with Gasteiger partial charge in [-0.25, -0.2) is 4.39 Å². The first-order valence-corrected chi connectivity index (χ1v) is 15.4. The molecule has 3 unspecified atom stereocenters. The number of carbonyl (C=O) groups excluding carboxylic acids is 2. The van der Waals surface area contributed by atoms with Crippen molar-refractivity contribution in [2.75, 3.05) is 17.2 Å². The Hall–Kier alpha value is -3.92. The van der Waals surface area contributed by atoms with Crippen molar-refractivity contribution in [1.82, 2.24) is 4.90 Å².